The Bertz CT molecular complexity index is 441. The van der Waals surface area contributed by atoms with Crippen LogP contribution in [0.4, 0.5) is 4.79 Å². The Morgan fingerprint density at radius 2 is 2.04 bits per heavy atom. The highest BCUT2D eigenvalue weighted by atomic mass is 16.6. The van der Waals surface area contributed by atoms with Gasteiger partial charge >= 0.3 is 12.1 Å². The number of carbonyl (C=O) groups is 2. The van der Waals surface area contributed by atoms with E-state index in [4.69, 9.17) is 18.9 Å². The fourth-order valence-electron chi connectivity index (χ4n) is 2.67. The van der Waals surface area contributed by atoms with Crippen molar-refractivity contribution in [2.24, 2.45) is 0 Å². The molecule has 2 aliphatic rings. The molecule has 138 valence electrons. The summed E-state index contributed by atoms with van der Waals surface area (Å²) in [6, 6.07) is 0. The van der Waals surface area contributed by atoms with E-state index in [1.807, 2.05) is 20.8 Å². The maximum atomic E-state index is 12.1. The van der Waals surface area contributed by atoms with E-state index in [0.29, 0.717) is 26.1 Å². The van der Waals surface area contributed by atoms with Gasteiger partial charge in [0.2, 0.25) is 0 Å². The lowest BCUT2D eigenvalue weighted by atomic mass is 10.2. The fourth-order valence-corrected chi connectivity index (χ4v) is 2.67. The molecule has 2 aliphatic heterocycles. The monoisotopic (exact) mass is 343 g/mol. The molecule has 0 unspecified atom stereocenters. The van der Waals surface area contributed by atoms with E-state index < -0.39 is 17.7 Å². The van der Waals surface area contributed by atoms with Crippen LogP contribution in [0.1, 0.15) is 47.0 Å². The average Bonchev–Trinajstić information content (AvgIpc) is 3.14. The van der Waals surface area contributed by atoms with Crippen LogP contribution >= 0.6 is 0 Å². The highest BCUT2D eigenvalue weighted by Crippen LogP contribution is 2.18. The molecule has 2 heterocycles. The highest BCUT2D eigenvalue weighted by molar-refractivity contribution is 5.74. The first kappa shape index (κ1) is 19.0. The molecule has 3 atom stereocenters. The SMILES string of the molecule is C[C@H](OC[C@@H]1CCCO1)C(=O)O[C@H]1CCN(C(=O)OC(C)(C)C)C1. The molecule has 0 aliphatic carbocycles. The topological polar surface area (TPSA) is 74.3 Å². The van der Waals surface area contributed by atoms with Crippen molar-refractivity contribution in [1.82, 2.24) is 4.90 Å². The van der Waals surface area contributed by atoms with Crippen LogP contribution < -0.4 is 0 Å². The molecule has 2 fully saturated rings. The van der Waals surface area contributed by atoms with Gasteiger partial charge in [-0.2, -0.15) is 0 Å². The van der Waals surface area contributed by atoms with Crippen LogP contribution in [-0.2, 0) is 23.7 Å². The van der Waals surface area contributed by atoms with Crippen LogP contribution in [0.25, 0.3) is 0 Å². The van der Waals surface area contributed by atoms with E-state index in [1.54, 1.807) is 11.8 Å². The Morgan fingerprint density at radius 3 is 2.67 bits per heavy atom. The van der Waals surface area contributed by atoms with Gasteiger partial charge in [0.1, 0.15) is 11.7 Å². The third-order valence-electron chi connectivity index (χ3n) is 3.97. The van der Waals surface area contributed by atoms with Gasteiger partial charge in [0.05, 0.1) is 19.3 Å². The van der Waals surface area contributed by atoms with Crippen molar-refractivity contribution in [3.8, 4) is 0 Å². The van der Waals surface area contributed by atoms with Crippen molar-refractivity contribution in [2.75, 3.05) is 26.3 Å². The molecule has 0 radical (unpaired) electrons. The number of ether oxygens (including phenoxy) is 4. The molecule has 7 heteroatoms. The Kier molecular flexibility index (Phi) is 6.46. The number of hydrogen-bond acceptors (Lipinski definition) is 6. The summed E-state index contributed by atoms with van der Waals surface area (Å²) in [4.78, 5) is 25.7. The average molecular weight is 343 g/mol. The summed E-state index contributed by atoms with van der Waals surface area (Å²) in [5.74, 6) is -0.399. The minimum atomic E-state index is -0.634. The zero-order valence-corrected chi connectivity index (χ0v) is 15.1. The quantitative estimate of drug-likeness (QED) is 0.712. The second-order valence-corrected chi connectivity index (χ2v) is 7.38. The maximum Gasteiger partial charge on any atom is 0.410 e. The molecular weight excluding hydrogens is 314 g/mol. The summed E-state index contributed by atoms with van der Waals surface area (Å²) in [6.07, 6.45) is 1.38. The zero-order chi connectivity index (χ0) is 17.7. The number of hydrogen-bond donors (Lipinski definition) is 0. The lowest BCUT2D eigenvalue weighted by Crippen LogP contribution is -2.37. The summed E-state index contributed by atoms with van der Waals surface area (Å²) in [5.41, 5.74) is -0.531. The Hall–Kier alpha value is -1.34. The largest absolute Gasteiger partial charge is 0.458 e. The Balaban J connectivity index is 1.69. The molecule has 0 aromatic rings. The summed E-state index contributed by atoms with van der Waals surface area (Å²) in [6.45, 7) is 9.21. The molecule has 2 saturated heterocycles. The van der Waals surface area contributed by atoms with Crippen molar-refractivity contribution in [1.29, 1.82) is 0 Å². The number of amides is 1. The van der Waals surface area contributed by atoms with Gasteiger partial charge in [-0.05, 0) is 40.5 Å². The van der Waals surface area contributed by atoms with E-state index in [0.717, 1.165) is 19.4 Å². The van der Waals surface area contributed by atoms with Crippen LogP contribution in [0, 0.1) is 0 Å². The molecule has 0 aromatic carbocycles. The molecule has 0 aromatic heterocycles. The number of likely N-dealkylation sites (tertiary alicyclic amines) is 1. The molecule has 7 nitrogen and oxygen atoms in total. The Labute approximate surface area is 143 Å². The van der Waals surface area contributed by atoms with E-state index in [9.17, 15) is 9.59 Å². The Morgan fingerprint density at radius 1 is 1.29 bits per heavy atom. The lowest BCUT2D eigenvalue weighted by Gasteiger charge is -2.24. The highest BCUT2D eigenvalue weighted by Gasteiger charge is 2.33. The second kappa shape index (κ2) is 8.16. The van der Waals surface area contributed by atoms with Gasteiger partial charge < -0.3 is 23.8 Å². The second-order valence-electron chi connectivity index (χ2n) is 7.38. The summed E-state index contributed by atoms with van der Waals surface area (Å²) in [5, 5.41) is 0. The van der Waals surface area contributed by atoms with Gasteiger partial charge in [-0.1, -0.05) is 0 Å². The van der Waals surface area contributed by atoms with Crippen molar-refractivity contribution >= 4 is 12.1 Å². The molecule has 24 heavy (non-hydrogen) atoms. The van der Waals surface area contributed by atoms with E-state index in [-0.39, 0.29) is 18.3 Å². The van der Waals surface area contributed by atoms with Gasteiger partial charge in [-0.25, -0.2) is 9.59 Å². The summed E-state index contributed by atoms with van der Waals surface area (Å²) in [7, 11) is 0. The number of esters is 1. The van der Waals surface area contributed by atoms with Gasteiger partial charge in [0.25, 0.3) is 0 Å². The standard InChI is InChI=1S/C17H29NO6/c1-12(22-11-14-6-5-9-21-14)15(19)23-13-7-8-18(10-13)16(20)24-17(2,3)4/h12-14H,5-11H2,1-4H3/t12-,13-,14-/m0/s1. The van der Waals surface area contributed by atoms with Crippen LogP contribution in [0.15, 0.2) is 0 Å². The zero-order valence-electron chi connectivity index (χ0n) is 15.1. The fraction of sp³-hybridized carbons (Fsp3) is 0.882. The lowest BCUT2D eigenvalue weighted by molar-refractivity contribution is -0.162. The molecular formula is C17H29NO6. The molecule has 2 rings (SSSR count). The predicted octanol–water partition coefficient (Wildman–Crippen LogP) is 2.12. The minimum absolute atomic E-state index is 0.0781. The van der Waals surface area contributed by atoms with E-state index >= 15 is 0 Å². The van der Waals surface area contributed by atoms with Gasteiger partial charge in [-0.3, -0.25) is 0 Å². The molecule has 0 bridgehead atoms. The summed E-state index contributed by atoms with van der Waals surface area (Å²) < 4.78 is 21.8. The van der Waals surface area contributed by atoms with Crippen molar-refractivity contribution < 1.29 is 28.5 Å². The molecule has 0 N–H and O–H groups in total. The van der Waals surface area contributed by atoms with Gasteiger partial charge in [0.15, 0.2) is 6.10 Å². The van der Waals surface area contributed by atoms with Crippen LogP contribution in [0.5, 0.6) is 0 Å². The van der Waals surface area contributed by atoms with Crippen molar-refractivity contribution in [3.05, 3.63) is 0 Å². The first-order valence-electron chi connectivity index (χ1n) is 8.66. The van der Waals surface area contributed by atoms with Crippen molar-refractivity contribution in [3.63, 3.8) is 0 Å². The molecule has 0 saturated carbocycles. The van der Waals surface area contributed by atoms with E-state index in [1.165, 1.54) is 0 Å². The smallest absolute Gasteiger partial charge is 0.410 e. The van der Waals surface area contributed by atoms with Crippen molar-refractivity contribution in [2.45, 2.75) is 70.9 Å². The first-order chi connectivity index (χ1) is 11.2. The minimum Gasteiger partial charge on any atom is -0.458 e. The number of nitrogens with zero attached hydrogens (tertiary/aromatic N) is 1. The first-order valence-corrected chi connectivity index (χ1v) is 8.66. The number of carbonyl (C=O) groups excluding carboxylic acids is 2. The third-order valence-corrected chi connectivity index (χ3v) is 3.97. The molecule has 0 spiro atoms. The van der Waals surface area contributed by atoms with Crippen LogP contribution in [-0.4, -0.2) is 67.2 Å². The summed E-state index contributed by atoms with van der Waals surface area (Å²) >= 11 is 0. The predicted molar refractivity (Wildman–Crippen MR) is 86.7 cm³/mol. The number of rotatable bonds is 5. The van der Waals surface area contributed by atoms with Gasteiger partial charge in [-0.15, -0.1) is 0 Å². The normalized spacial score (nSPS) is 25.6. The molecule has 1 amide bonds. The van der Waals surface area contributed by atoms with E-state index in [2.05, 4.69) is 0 Å². The van der Waals surface area contributed by atoms with Crippen LogP contribution in [0.3, 0.4) is 0 Å². The van der Waals surface area contributed by atoms with Gasteiger partial charge in [0, 0.05) is 19.6 Å². The van der Waals surface area contributed by atoms with Crippen LogP contribution in [0.2, 0.25) is 0 Å². The maximum absolute atomic E-state index is 12.1. The third kappa shape index (κ3) is 5.94.